The Morgan fingerprint density at radius 3 is 2.34 bits per heavy atom. The molecule has 6 heteroatoms. The second-order valence-corrected chi connectivity index (χ2v) is 7.40. The third kappa shape index (κ3) is 5.26. The van der Waals surface area contributed by atoms with Crippen molar-refractivity contribution >= 4 is 45.1 Å². The first kappa shape index (κ1) is 20.7. The molecular formula is C23H15BrClNO3. The Labute approximate surface area is 181 Å². The third-order valence-electron chi connectivity index (χ3n) is 4.12. The summed E-state index contributed by atoms with van der Waals surface area (Å²) in [6, 6.07) is 21.6. The average molecular weight is 469 g/mol. The van der Waals surface area contributed by atoms with Crippen LogP contribution in [0, 0.1) is 11.3 Å². The highest BCUT2D eigenvalue weighted by Crippen LogP contribution is 2.36. The SMILES string of the molecule is N#C/C(=C/c1cc(Cl)c(OCc2ccccc2)c(Br)c1)c1ccc(C(=O)O)cc1. The van der Waals surface area contributed by atoms with Gasteiger partial charge in [-0.1, -0.05) is 54.1 Å². The van der Waals surface area contributed by atoms with Crippen molar-refractivity contribution in [2.24, 2.45) is 0 Å². The van der Waals surface area contributed by atoms with Gasteiger partial charge in [0, 0.05) is 0 Å². The van der Waals surface area contributed by atoms with Crippen LogP contribution in [0.15, 0.2) is 71.2 Å². The number of carboxylic acids is 1. The predicted molar refractivity (Wildman–Crippen MR) is 117 cm³/mol. The number of aromatic carboxylic acids is 1. The van der Waals surface area contributed by atoms with Crippen LogP contribution >= 0.6 is 27.5 Å². The van der Waals surface area contributed by atoms with Crippen LogP contribution in [-0.4, -0.2) is 11.1 Å². The number of ether oxygens (including phenoxy) is 1. The van der Waals surface area contributed by atoms with Crippen LogP contribution in [-0.2, 0) is 6.61 Å². The van der Waals surface area contributed by atoms with Gasteiger partial charge < -0.3 is 9.84 Å². The summed E-state index contributed by atoms with van der Waals surface area (Å²) in [5.41, 5.74) is 2.91. The van der Waals surface area contributed by atoms with E-state index in [0.717, 1.165) is 5.56 Å². The van der Waals surface area contributed by atoms with E-state index in [1.54, 1.807) is 24.3 Å². The third-order valence-corrected chi connectivity index (χ3v) is 4.99. The van der Waals surface area contributed by atoms with Crippen molar-refractivity contribution in [2.75, 3.05) is 0 Å². The summed E-state index contributed by atoms with van der Waals surface area (Å²) >= 11 is 9.87. The molecule has 0 saturated carbocycles. The van der Waals surface area contributed by atoms with E-state index in [2.05, 4.69) is 22.0 Å². The molecule has 1 N–H and O–H groups in total. The van der Waals surface area contributed by atoms with Crippen molar-refractivity contribution in [3.8, 4) is 11.8 Å². The van der Waals surface area contributed by atoms with Gasteiger partial charge in [-0.3, -0.25) is 0 Å². The first-order valence-corrected chi connectivity index (χ1v) is 9.76. The second-order valence-electron chi connectivity index (χ2n) is 6.14. The van der Waals surface area contributed by atoms with E-state index in [1.807, 2.05) is 36.4 Å². The van der Waals surface area contributed by atoms with Gasteiger partial charge in [-0.25, -0.2) is 4.79 Å². The molecular weight excluding hydrogens is 454 g/mol. The Morgan fingerprint density at radius 2 is 1.76 bits per heavy atom. The monoisotopic (exact) mass is 467 g/mol. The van der Waals surface area contributed by atoms with Crippen LogP contribution in [0.5, 0.6) is 5.75 Å². The van der Waals surface area contributed by atoms with Crippen LogP contribution in [0.3, 0.4) is 0 Å². The molecule has 0 radical (unpaired) electrons. The zero-order valence-electron chi connectivity index (χ0n) is 15.1. The second kappa shape index (κ2) is 9.42. The van der Waals surface area contributed by atoms with Crippen molar-refractivity contribution in [3.63, 3.8) is 0 Å². The fraction of sp³-hybridized carbons (Fsp3) is 0.0435. The topological polar surface area (TPSA) is 70.3 Å². The van der Waals surface area contributed by atoms with E-state index in [4.69, 9.17) is 21.4 Å². The number of hydrogen-bond donors (Lipinski definition) is 1. The molecule has 4 nitrogen and oxygen atoms in total. The van der Waals surface area contributed by atoms with E-state index in [1.165, 1.54) is 12.1 Å². The van der Waals surface area contributed by atoms with Crippen molar-refractivity contribution in [2.45, 2.75) is 6.61 Å². The minimum Gasteiger partial charge on any atom is -0.486 e. The Hall–Kier alpha value is -3.07. The summed E-state index contributed by atoms with van der Waals surface area (Å²) in [7, 11) is 0. The lowest BCUT2D eigenvalue weighted by Crippen LogP contribution is -1.97. The van der Waals surface area contributed by atoms with E-state index >= 15 is 0 Å². The number of hydrogen-bond acceptors (Lipinski definition) is 3. The molecule has 3 rings (SSSR count). The van der Waals surface area contributed by atoms with Gasteiger partial charge in [0.15, 0.2) is 5.75 Å². The molecule has 0 spiro atoms. The molecule has 0 saturated heterocycles. The number of carbonyl (C=O) groups is 1. The maximum atomic E-state index is 11.0. The van der Waals surface area contributed by atoms with E-state index < -0.39 is 5.97 Å². The minimum atomic E-state index is -1.01. The molecule has 0 aliphatic rings. The van der Waals surface area contributed by atoms with Gasteiger partial charge in [-0.05, 0) is 63.0 Å². The smallest absolute Gasteiger partial charge is 0.335 e. The largest absolute Gasteiger partial charge is 0.486 e. The van der Waals surface area contributed by atoms with Gasteiger partial charge in [0.25, 0.3) is 0 Å². The quantitative estimate of drug-likeness (QED) is 0.334. The lowest BCUT2D eigenvalue weighted by molar-refractivity contribution is 0.0697. The van der Waals surface area contributed by atoms with E-state index in [0.29, 0.717) is 38.6 Å². The molecule has 0 bridgehead atoms. The van der Waals surface area contributed by atoms with Gasteiger partial charge in [0.05, 0.1) is 26.7 Å². The summed E-state index contributed by atoms with van der Waals surface area (Å²) in [6.45, 7) is 0.383. The van der Waals surface area contributed by atoms with Crippen LogP contribution in [0.4, 0.5) is 0 Å². The lowest BCUT2D eigenvalue weighted by Gasteiger charge is -2.11. The molecule has 0 heterocycles. The van der Waals surface area contributed by atoms with Gasteiger partial charge >= 0.3 is 5.97 Å². The maximum absolute atomic E-state index is 11.0. The molecule has 0 unspecified atom stereocenters. The standard InChI is InChI=1S/C23H15BrClNO3/c24-20-11-16(10-19(13-26)17-6-8-18(9-7-17)23(27)28)12-21(25)22(20)29-14-15-4-2-1-3-5-15/h1-12H,14H2,(H,27,28)/b19-10-. The van der Waals surface area contributed by atoms with Crippen LogP contribution in [0.1, 0.15) is 27.0 Å². The van der Waals surface area contributed by atoms with Crippen LogP contribution in [0.2, 0.25) is 5.02 Å². The number of halogens is 2. The van der Waals surface area contributed by atoms with Crippen molar-refractivity contribution < 1.29 is 14.6 Å². The first-order chi connectivity index (χ1) is 14.0. The van der Waals surface area contributed by atoms with Gasteiger partial charge in [0.2, 0.25) is 0 Å². The summed E-state index contributed by atoms with van der Waals surface area (Å²) in [5.74, 6) is -0.488. The zero-order valence-corrected chi connectivity index (χ0v) is 17.4. The molecule has 0 fully saturated rings. The Morgan fingerprint density at radius 1 is 1.10 bits per heavy atom. The fourth-order valence-electron chi connectivity index (χ4n) is 2.67. The summed E-state index contributed by atoms with van der Waals surface area (Å²) < 4.78 is 6.51. The van der Waals surface area contributed by atoms with Crippen molar-refractivity contribution in [1.82, 2.24) is 0 Å². The molecule has 0 aliphatic heterocycles. The Balaban J connectivity index is 1.84. The van der Waals surface area contributed by atoms with Crippen molar-refractivity contribution in [1.29, 1.82) is 5.26 Å². The normalized spacial score (nSPS) is 11.0. The number of carboxylic acid groups (broad SMARTS) is 1. The highest BCUT2D eigenvalue weighted by Gasteiger charge is 2.11. The molecule has 29 heavy (non-hydrogen) atoms. The predicted octanol–water partition coefficient (Wildman–Crippen LogP) is 6.44. The fourth-order valence-corrected chi connectivity index (χ4v) is 3.66. The zero-order chi connectivity index (χ0) is 20.8. The molecule has 3 aromatic carbocycles. The molecule has 3 aromatic rings. The highest BCUT2D eigenvalue weighted by molar-refractivity contribution is 9.10. The maximum Gasteiger partial charge on any atom is 0.335 e. The average Bonchev–Trinajstić information content (AvgIpc) is 2.72. The number of benzene rings is 3. The van der Waals surface area contributed by atoms with E-state index in [9.17, 15) is 10.1 Å². The number of rotatable bonds is 6. The van der Waals surface area contributed by atoms with Crippen LogP contribution < -0.4 is 4.74 Å². The molecule has 0 amide bonds. The highest BCUT2D eigenvalue weighted by atomic mass is 79.9. The Kier molecular flexibility index (Phi) is 6.71. The molecule has 144 valence electrons. The minimum absolute atomic E-state index is 0.164. The Bertz CT molecular complexity index is 1080. The lowest BCUT2D eigenvalue weighted by atomic mass is 10.0. The van der Waals surface area contributed by atoms with E-state index in [-0.39, 0.29) is 5.56 Å². The number of nitrogens with zero attached hydrogens (tertiary/aromatic N) is 1. The van der Waals surface area contributed by atoms with Crippen molar-refractivity contribution in [3.05, 3.63) is 98.5 Å². The van der Waals surface area contributed by atoms with Gasteiger partial charge in [0.1, 0.15) is 6.61 Å². The number of nitriles is 1. The summed E-state index contributed by atoms with van der Waals surface area (Å²) in [4.78, 5) is 11.0. The molecule has 0 aromatic heterocycles. The van der Waals surface area contributed by atoms with Gasteiger partial charge in [-0.2, -0.15) is 5.26 Å². The molecule has 0 aliphatic carbocycles. The van der Waals surface area contributed by atoms with Crippen LogP contribution in [0.25, 0.3) is 11.6 Å². The number of allylic oxidation sites excluding steroid dienone is 1. The summed E-state index contributed by atoms with van der Waals surface area (Å²) in [6.07, 6.45) is 1.69. The first-order valence-electron chi connectivity index (χ1n) is 8.59. The van der Waals surface area contributed by atoms with Gasteiger partial charge in [-0.15, -0.1) is 0 Å². The summed E-state index contributed by atoms with van der Waals surface area (Å²) in [5, 5.41) is 18.9. The molecule has 0 atom stereocenters.